The summed E-state index contributed by atoms with van der Waals surface area (Å²) in [5, 5.41) is 12.1. The Bertz CT molecular complexity index is 400. The van der Waals surface area contributed by atoms with Gasteiger partial charge in [0.2, 0.25) is 0 Å². The normalized spacial score (nSPS) is 33.0. The van der Waals surface area contributed by atoms with E-state index in [2.05, 4.69) is 5.32 Å². The number of nitrogens with zero attached hydrogens (tertiary/aromatic N) is 1. The maximum Gasteiger partial charge on any atom is 0.317 e. The van der Waals surface area contributed by atoms with Crippen molar-refractivity contribution < 1.29 is 14.7 Å². The zero-order valence-corrected chi connectivity index (χ0v) is 12.6. The van der Waals surface area contributed by atoms with Crippen molar-refractivity contribution in [1.29, 1.82) is 0 Å². The van der Waals surface area contributed by atoms with E-state index in [-0.39, 0.29) is 18.0 Å². The van der Waals surface area contributed by atoms with Crippen LogP contribution in [0, 0.1) is 17.8 Å². The number of carboxylic acid groups (broad SMARTS) is 1. The standard InChI is InChI=1S/C16H26N2O3/c19-15(20)13-3-5-14(6-4-13)17-16(21)18-8-7-12(10-18)9-11-1-2-11/h11-14H,1-10H2,(H,17,21)(H,19,20). The van der Waals surface area contributed by atoms with Gasteiger partial charge in [-0.25, -0.2) is 4.79 Å². The maximum absolute atomic E-state index is 12.3. The highest BCUT2D eigenvalue weighted by molar-refractivity contribution is 5.75. The summed E-state index contributed by atoms with van der Waals surface area (Å²) in [6.07, 6.45) is 8.17. The van der Waals surface area contributed by atoms with Gasteiger partial charge in [-0.2, -0.15) is 0 Å². The molecule has 3 rings (SSSR count). The fraction of sp³-hybridized carbons (Fsp3) is 0.875. The van der Waals surface area contributed by atoms with Gasteiger partial charge in [-0.3, -0.25) is 4.79 Å². The SMILES string of the molecule is O=C(O)C1CCC(NC(=O)N2CCC(CC3CC3)C2)CC1. The quantitative estimate of drug-likeness (QED) is 0.837. The molecule has 1 heterocycles. The highest BCUT2D eigenvalue weighted by Gasteiger charge is 2.33. The van der Waals surface area contributed by atoms with Crippen molar-refractivity contribution in [3.63, 3.8) is 0 Å². The molecule has 0 radical (unpaired) electrons. The molecule has 1 atom stereocenters. The highest BCUT2D eigenvalue weighted by Crippen LogP contribution is 2.37. The van der Waals surface area contributed by atoms with Crippen LogP contribution in [0.3, 0.4) is 0 Å². The predicted octanol–water partition coefficient (Wildman–Crippen LogP) is 2.46. The van der Waals surface area contributed by atoms with Crippen LogP contribution < -0.4 is 5.32 Å². The molecule has 1 aliphatic heterocycles. The van der Waals surface area contributed by atoms with Gasteiger partial charge in [-0.1, -0.05) is 12.8 Å². The third-order valence-electron chi connectivity index (χ3n) is 5.34. The molecule has 0 bridgehead atoms. The predicted molar refractivity (Wildman–Crippen MR) is 78.9 cm³/mol. The number of likely N-dealkylation sites (tertiary alicyclic amines) is 1. The molecule has 3 aliphatic rings. The first-order chi connectivity index (χ1) is 10.1. The molecule has 2 aliphatic carbocycles. The Morgan fingerprint density at radius 3 is 2.33 bits per heavy atom. The van der Waals surface area contributed by atoms with Crippen molar-refractivity contribution in [3.05, 3.63) is 0 Å². The summed E-state index contributed by atoms with van der Waals surface area (Å²) in [7, 11) is 0. The van der Waals surface area contributed by atoms with Crippen LogP contribution in [0.2, 0.25) is 0 Å². The van der Waals surface area contributed by atoms with Crippen LogP contribution in [0.4, 0.5) is 4.79 Å². The number of hydrogen-bond acceptors (Lipinski definition) is 2. The van der Waals surface area contributed by atoms with Crippen molar-refractivity contribution in [2.75, 3.05) is 13.1 Å². The number of rotatable bonds is 4. The van der Waals surface area contributed by atoms with E-state index >= 15 is 0 Å². The van der Waals surface area contributed by atoms with E-state index in [0.29, 0.717) is 18.8 Å². The molecule has 2 N–H and O–H groups in total. The largest absolute Gasteiger partial charge is 0.481 e. The second-order valence-corrected chi connectivity index (χ2v) is 7.12. The Kier molecular flexibility index (Phi) is 4.36. The van der Waals surface area contributed by atoms with E-state index in [9.17, 15) is 9.59 Å². The van der Waals surface area contributed by atoms with E-state index in [1.165, 1.54) is 19.3 Å². The second-order valence-electron chi connectivity index (χ2n) is 7.12. The van der Waals surface area contributed by atoms with E-state index < -0.39 is 5.97 Å². The lowest BCUT2D eigenvalue weighted by atomic mass is 9.86. The summed E-state index contributed by atoms with van der Waals surface area (Å²) in [5.41, 5.74) is 0. The summed E-state index contributed by atoms with van der Waals surface area (Å²) >= 11 is 0. The molecule has 5 nitrogen and oxygen atoms in total. The van der Waals surface area contributed by atoms with Crippen molar-refractivity contribution in [2.24, 2.45) is 17.8 Å². The van der Waals surface area contributed by atoms with Crippen LogP contribution in [-0.2, 0) is 4.79 Å². The second kappa shape index (κ2) is 6.24. The van der Waals surface area contributed by atoms with Gasteiger partial charge in [-0.05, 0) is 50.4 Å². The van der Waals surface area contributed by atoms with Crippen molar-refractivity contribution in [3.8, 4) is 0 Å². The molecule has 21 heavy (non-hydrogen) atoms. The molecular formula is C16H26N2O3. The smallest absolute Gasteiger partial charge is 0.317 e. The average Bonchev–Trinajstić information content (AvgIpc) is 3.14. The van der Waals surface area contributed by atoms with Crippen LogP contribution in [-0.4, -0.2) is 41.1 Å². The van der Waals surface area contributed by atoms with Gasteiger partial charge in [0.1, 0.15) is 0 Å². The fourth-order valence-electron chi connectivity index (χ4n) is 3.79. The molecule has 0 aromatic heterocycles. The molecule has 1 unspecified atom stereocenters. The monoisotopic (exact) mass is 294 g/mol. The number of amides is 2. The molecule has 0 spiro atoms. The zero-order chi connectivity index (χ0) is 14.8. The van der Waals surface area contributed by atoms with Crippen LogP contribution in [0.1, 0.15) is 51.4 Å². The van der Waals surface area contributed by atoms with Gasteiger partial charge in [0, 0.05) is 19.1 Å². The van der Waals surface area contributed by atoms with Crippen molar-refractivity contribution in [2.45, 2.75) is 57.4 Å². The average molecular weight is 294 g/mol. The Hall–Kier alpha value is -1.26. The zero-order valence-electron chi connectivity index (χ0n) is 12.6. The van der Waals surface area contributed by atoms with Crippen molar-refractivity contribution in [1.82, 2.24) is 10.2 Å². The highest BCUT2D eigenvalue weighted by atomic mass is 16.4. The molecule has 118 valence electrons. The number of hydrogen-bond donors (Lipinski definition) is 2. The first-order valence-electron chi connectivity index (χ1n) is 8.40. The Morgan fingerprint density at radius 1 is 1.00 bits per heavy atom. The molecule has 0 aromatic rings. The van der Waals surface area contributed by atoms with Gasteiger partial charge in [0.05, 0.1) is 5.92 Å². The summed E-state index contributed by atoms with van der Waals surface area (Å²) in [4.78, 5) is 25.2. The third-order valence-corrected chi connectivity index (χ3v) is 5.34. The molecule has 2 amide bonds. The fourth-order valence-corrected chi connectivity index (χ4v) is 3.79. The van der Waals surface area contributed by atoms with Gasteiger partial charge in [-0.15, -0.1) is 0 Å². The molecule has 5 heteroatoms. The van der Waals surface area contributed by atoms with Gasteiger partial charge in [0.15, 0.2) is 0 Å². The summed E-state index contributed by atoms with van der Waals surface area (Å²) in [6.45, 7) is 1.79. The molecule has 0 aromatic carbocycles. The summed E-state index contributed by atoms with van der Waals surface area (Å²) < 4.78 is 0. The first kappa shape index (κ1) is 14.7. The lowest BCUT2D eigenvalue weighted by Gasteiger charge is -2.28. The molecule has 2 saturated carbocycles. The van der Waals surface area contributed by atoms with E-state index in [4.69, 9.17) is 5.11 Å². The van der Waals surface area contributed by atoms with E-state index in [0.717, 1.165) is 38.3 Å². The number of urea groups is 1. The summed E-state index contributed by atoms with van der Waals surface area (Å²) in [6, 6.07) is 0.225. The number of nitrogens with one attached hydrogen (secondary N) is 1. The number of carboxylic acids is 1. The summed E-state index contributed by atoms with van der Waals surface area (Å²) in [5.74, 6) is 0.727. The number of carbonyl (C=O) groups excluding carboxylic acids is 1. The Morgan fingerprint density at radius 2 is 1.71 bits per heavy atom. The molecular weight excluding hydrogens is 268 g/mol. The number of aliphatic carboxylic acids is 1. The molecule has 3 fully saturated rings. The van der Waals surface area contributed by atoms with E-state index in [1.54, 1.807) is 0 Å². The first-order valence-corrected chi connectivity index (χ1v) is 8.40. The van der Waals surface area contributed by atoms with Crippen LogP contribution >= 0.6 is 0 Å². The maximum atomic E-state index is 12.3. The van der Waals surface area contributed by atoms with Crippen LogP contribution in [0.25, 0.3) is 0 Å². The van der Waals surface area contributed by atoms with Crippen LogP contribution in [0.5, 0.6) is 0 Å². The third kappa shape index (κ3) is 3.89. The van der Waals surface area contributed by atoms with Crippen molar-refractivity contribution >= 4 is 12.0 Å². The number of carbonyl (C=O) groups is 2. The van der Waals surface area contributed by atoms with E-state index in [1.807, 2.05) is 4.90 Å². The minimum atomic E-state index is -0.692. The minimum absolute atomic E-state index is 0.0621. The minimum Gasteiger partial charge on any atom is -0.481 e. The van der Waals surface area contributed by atoms with Crippen LogP contribution in [0.15, 0.2) is 0 Å². The molecule has 1 saturated heterocycles. The Balaban J connectivity index is 1.39. The Labute approximate surface area is 126 Å². The van der Waals surface area contributed by atoms with Gasteiger partial charge in [0.25, 0.3) is 0 Å². The van der Waals surface area contributed by atoms with Gasteiger partial charge >= 0.3 is 12.0 Å². The lowest BCUT2D eigenvalue weighted by Crippen LogP contribution is -2.45. The topological polar surface area (TPSA) is 69.6 Å². The van der Waals surface area contributed by atoms with Gasteiger partial charge < -0.3 is 15.3 Å². The lowest BCUT2D eigenvalue weighted by molar-refractivity contribution is -0.142.